The number of aryl methyl sites for hydroxylation is 2. The van der Waals surface area contributed by atoms with Crippen molar-refractivity contribution in [1.29, 1.82) is 0 Å². The predicted octanol–water partition coefficient (Wildman–Crippen LogP) is 4.05. The molecule has 0 saturated heterocycles. The number of aliphatic hydroxyl groups excluding tert-OH is 1. The van der Waals surface area contributed by atoms with E-state index in [-0.39, 0.29) is 6.10 Å². The van der Waals surface area contributed by atoms with Crippen molar-refractivity contribution < 1.29 is 5.11 Å². The minimum atomic E-state index is -0.352. The van der Waals surface area contributed by atoms with Crippen LogP contribution in [-0.4, -0.2) is 18.2 Å². The molecule has 2 heteroatoms. The second-order valence-corrected chi connectivity index (χ2v) is 6.91. The summed E-state index contributed by atoms with van der Waals surface area (Å²) in [7, 11) is 0. The molecule has 1 heterocycles. The summed E-state index contributed by atoms with van der Waals surface area (Å²) in [5.41, 5.74) is 6.83. The molecule has 0 saturated carbocycles. The molecule has 2 aromatic carbocycles. The molecule has 1 aliphatic carbocycles. The smallest absolute Gasteiger partial charge is 0.0807 e. The van der Waals surface area contributed by atoms with Gasteiger partial charge in [-0.15, -0.1) is 0 Å². The summed E-state index contributed by atoms with van der Waals surface area (Å²) in [5, 5.41) is 10.6. The van der Waals surface area contributed by atoms with Gasteiger partial charge in [-0.25, -0.2) is 0 Å². The molecule has 4 rings (SSSR count). The minimum Gasteiger partial charge on any atom is -0.388 e. The Hall–Kier alpha value is -1.80. The van der Waals surface area contributed by atoms with E-state index >= 15 is 0 Å². The quantitative estimate of drug-likeness (QED) is 0.921. The predicted molar refractivity (Wildman–Crippen MR) is 95.0 cm³/mol. The van der Waals surface area contributed by atoms with Gasteiger partial charge in [0.1, 0.15) is 0 Å². The van der Waals surface area contributed by atoms with Crippen LogP contribution in [0.3, 0.4) is 0 Å². The summed E-state index contributed by atoms with van der Waals surface area (Å²) in [6.45, 7) is 2.01. The highest BCUT2D eigenvalue weighted by molar-refractivity contribution is 5.57. The molecule has 23 heavy (non-hydrogen) atoms. The van der Waals surface area contributed by atoms with Gasteiger partial charge >= 0.3 is 0 Å². The average molecular weight is 307 g/mol. The molecule has 120 valence electrons. The molecule has 0 amide bonds. The first-order chi connectivity index (χ1) is 11.3. The van der Waals surface area contributed by atoms with E-state index in [0.717, 1.165) is 31.5 Å². The van der Waals surface area contributed by atoms with Crippen LogP contribution in [0.15, 0.2) is 42.5 Å². The molecule has 1 atom stereocenters. The van der Waals surface area contributed by atoms with Crippen LogP contribution in [0.4, 0.5) is 5.69 Å². The third-order valence-electron chi connectivity index (χ3n) is 5.41. The van der Waals surface area contributed by atoms with Gasteiger partial charge in [-0.1, -0.05) is 36.4 Å². The van der Waals surface area contributed by atoms with E-state index in [2.05, 4.69) is 47.4 Å². The Morgan fingerprint density at radius 1 is 0.913 bits per heavy atom. The lowest BCUT2D eigenvalue weighted by molar-refractivity contribution is 0.169. The van der Waals surface area contributed by atoms with Gasteiger partial charge in [-0.3, -0.25) is 0 Å². The largest absolute Gasteiger partial charge is 0.388 e. The number of benzene rings is 2. The summed E-state index contributed by atoms with van der Waals surface area (Å²) < 4.78 is 0. The highest BCUT2D eigenvalue weighted by atomic mass is 16.3. The summed E-state index contributed by atoms with van der Waals surface area (Å²) in [4.78, 5) is 2.41. The zero-order chi connectivity index (χ0) is 15.6. The van der Waals surface area contributed by atoms with Gasteiger partial charge in [-0.2, -0.15) is 0 Å². The molecule has 0 radical (unpaired) electrons. The summed E-state index contributed by atoms with van der Waals surface area (Å²) in [6, 6.07) is 15.3. The Labute approximate surface area is 138 Å². The van der Waals surface area contributed by atoms with Crippen LogP contribution >= 0.6 is 0 Å². The molecular weight excluding hydrogens is 282 g/mol. The zero-order valence-corrected chi connectivity index (χ0v) is 13.7. The fraction of sp³-hybridized carbons (Fsp3) is 0.429. The van der Waals surface area contributed by atoms with Crippen molar-refractivity contribution in [2.75, 3.05) is 18.0 Å². The maximum Gasteiger partial charge on any atom is 0.0807 e. The summed E-state index contributed by atoms with van der Waals surface area (Å²) in [5.74, 6) is 0. The number of nitrogens with zero attached hydrogens (tertiary/aromatic N) is 1. The molecule has 2 nitrogen and oxygen atoms in total. The molecule has 0 bridgehead atoms. The lowest BCUT2D eigenvalue weighted by Crippen LogP contribution is -2.23. The summed E-state index contributed by atoms with van der Waals surface area (Å²) >= 11 is 0. The second-order valence-electron chi connectivity index (χ2n) is 6.91. The lowest BCUT2D eigenvalue weighted by atomic mass is 9.89. The van der Waals surface area contributed by atoms with Crippen molar-refractivity contribution in [3.8, 4) is 0 Å². The Balaban J connectivity index is 1.42. The molecule has 1 N–H and O–H groups in total. The van der Waals surface area contributed by atoms with Crippen LogP contribution < -0.4 is 4.90 Å². The van der Waals surface area contributed by atoms with Gasteiger partial charge in [0.15, 0.2) is 0 Å². The van der Waals surface area contributed by atoms with Crippen LogP contribution in [0.5, 0.6) is 0 Å². The molecule has 0 fully saturated rings. The maximum absolute atomic E-state index is 10.6. The van der Waals surface area contributed by atoms with E-state index in [1.165, 1.54) is 48.1 Å². The van der Waals surface area contributed by atoms with Gasteiger partial charge < -0.3 is 10.0 Å². The highest BCUT2D eigenvalue weighted by Crippen LogP contribution is 2.30. The van der Waals surface area contributed by atoms with Gasteiger partial charge in [0, 0.05) is 18.8 Å². The molecule has 2 aliphatic rings. The van der Waals surface area contributed by atoms with Crippen LogP contribution in [0.25, 0.3) is 0 Å². The fourth-order valence-electron chi connectivity index (χ4n) is 4.04. The normalized spacial score (nSPS) is 17.7. The minimum absolute atomic E-state index is 0.352. The Morgan fingerprint density at radius 2 is 1.74 bits per heavy atom. The van der Waals surface area contributed by atoms with Crippen molar-refractivity contribution in [3.63, 3.8) is 0 Å². The average Bonchev–Trinajstić information content (AvgIpc) is 3.02. The van der Waals surface area contributed by atoms with E-state index < -0.39 is 0 Å². The van der Waals surface area contributed by atoms with Crippen molar-refractivity contribution in [2.24, 2.45) is 0 Å². The topological polar surface area (TPSA) is 23.5 Å². The number of rotatable bonds is 4. The lowest BCUT2D eigenvalue weighted by Gasteiger charge is -2.22. The van der Waals surface area contributed by atoms with Crippen molar-refractivity contribution in [1.82, 2.24) is 0 Å². The van der Waals surface area contributed by atoms with Crippen LogP contribution in [0.1, 0.15) is 47.6 Å². The maximum atomic E-state index is 10.6. The van der Waals surface area contributed by atoms with E-state index in [4.69, 9.17) is 0 Å². The SMILES string of the molecule is OC(CCN1CCc2ccccc21)c1ccc2c(c1)CCCC2. The van der Waals surface area contributed by atoms with Crippen LogP contribution in [0.2, 0.25) is 0 Å². The van der Waals surface area contributed by atoms with E-state index in [9.17, 15) is 5.11 Å². The Bertz CT molecular complexity index is 694. The summed E-state index contributed by atoms with van der Waals surface area (Å²) in [6.07, 6.45) is 6.56. The third kappa shape index (κ3) is 3.00. The second kappa shape index (κ2) is 6.37. The molecule has 0 aromatic heterocycles. The molecule has 1 unspecified atom stereocenters. The monoisotopic (exact) mass is 307 g/mol. The molecule has 1 aliphatic heterocycles. The van der Waals surface area contributed by atoms with Gasteiger partial charge in [0.2, 0.25) is 0 Å². The van der Waals surface area contributed by atoms with Crippen LogP contribution in [0, 0.1) is 0 Å². The van der Waals surface area contributed by atoms with Gasteiger partial charge in [0.25, 0.3) is 0 Å². The first kappa shape index (κ1) is 14.8. The van der Waals surface area contributed by atoms with Gasteiger partial charge in [-0.05, 0) is 66.8 Å². The first-order valence-corrected chi connectivity index (χ1v) is 8.94. The molecule has 2 aromatic rings. The zero-order valence-electron chi connectivity index (χ0n) is 13.7. The number of para-hydroxylation sites is 1. The number of aliphatic hydroxyl groups is 1. The molecule has 0 spiro atoms. The Kier molecular flexibility index (Phi) is 4.09. The fourth-order valence-corrected chi connectivity index (χ4v) is 4.04. The van der Waals surface area contributed by atoms with E-state index in [1.807, 2.05) is 0 Å². The third-order valence-corrected chi connectivity index (χ3v) is 5.41. The first-order valence-electron chi connectivity index (χ1n) is 8.94. The van der Waals surface area contributed by atoms with Crippen molar-refractivity contribution in [2.45, 2.75) is 44.6 Å². The number of anilines is 1. The standard InChI is InChI=1S/C21H25NO/c23-21(19-10-9-16-5-1-2-7-18(16)15-19)12-14-22-13-11-17-6-3-4-8-20(17)22/h3-4,6,8-10,15,21,23H,1-2,5,7,11-14H2. The molecular formula is C21H25NO. The van der Waals surface area contributed by atoms with Crippen molar-refractivity contribution >= 4 is 5.69 Å². The number of fused-ring (bicyclic) bond motifs is 2. The van der Waals surface area contributed by atoms with E-state index in [0.29, 0.717) is 0 Å². The van der Waals surface area contributed by atoms with Crippen molar-refractivity contribution in [3.05, 3.63) is 64.7 Å². The van der Waals surface area contributed by atoms with Gasteiger partial charge in [0.05, 0.1) is 6.10 Å². The number of hydrogen-bond donors (Lipinski definition) is 1. The Morgan fingerprint density at radius 3 is 2.65 bits per heavy atom. The number of hydrogen-bond acceptors (Lipinski definition) is 2. The highest BCUT2D eigenvalue weighted by Gasteiger charge is 2.20. The van der Waals surface area contributed by atoms with E-state index in [1.54, 1.807) is 0 Å². The van der Waals surface area contributed by atoms with Crippen LogP contribution in [-0.2, 0) is 19.3 Å².